The fourth-order valence-corrected chi connectivity index (χ4v) is 4.06. The number of anilines is 2. The van der Waals surface area contributed by atoms with Crippen molar-refractivity contribution in [1.82, 2.24) is 4.98 Å². The van der Waals surface area contributed by atoms with Gasteiger partial charge in [0.2, 0.25) is 11.8 Å². The Bertz CT molecular complexity index is 979. The molecule has 1 aromatic heterocycles. The van der Waals surface area contributed by atoms with Gasteiger partial charge in [0, 0.05) is 21.8 Å². The van der Waals surface area contributed by atoms with Gasteiger partial charge in [0.15, 0.2) is 4.34 Å². The summed E-state index contributed by atoms with van der Waals surface area (Å²) in [5, 5.41) is 7.79. The summed E-state index contributed by atoms with van der Waals surface area (Å²) in [5.74, 6) is -0.605. The smallest absolute Gasteiger partial charge is 0.234 e. The molecule has 0 aliphatic carbocycles. The zero-order chi connectivity index (χ0) is 19.9. The van der Waals surface area contributed by atoms with Gasteiger partial charge in [-0.25, -0.2) is 9.37 Å². The number of thiazole rings is 1. The Morgan fingerprint density at radius 3 is 2.57 bits per heavy atom. The molecule has 1 heterocycles. The first-order valence-corrected chi connectivity index (χ1v) is 10.4. The third-order valence-electron chi connectivity index (χ3n) is 3.44. The van der Waals surface area contributed by atoms with E-state index in [0.29, 0.717) is 26.4 Å². The maximum atomic E-state index is 12.9. The van der Waals surface area contributed by atoms with Gasteiger partial charge in [-0.3, -0.25) is 9.59 Å². The van der Waals surface area contributed by atoms with Gasteiger partial charge in [0.05, 0.1) is 17.9 Å². The number of carbonyl (C=O) groups is 2. The number of nitrogens with one attached hydrogen (secondary N) is 2. The van der Waals surface area contributed by atoms with E-state index in [1.54, 1.807) is 29.6 Å². The zero-order valence-corrected chi connectivity index (χ0v) is 16.8. The first kappa shape index (κ1) is 20.3. The molecule has 0 spiro atoms. The second-order valence-corrected chi connectivity index (χ2v) is 8.20. The SMILES string of the molecule is O=C(CSc1nc(CC(=O)Nc2cccc(Cl)c2)cs1)Nc1ccc(F)cc1. The first-order chi connectivity index (χ1) is 13.5. The highest BCUT2D eigenvalue weighted by Crippen LogP contribution is 2.23. The maximum absolute atomic E-state index is 12.9. The molecular formula is C19H15ClFN3O2S2. The van der Waals surface area contributed by atoms with Crippen LogP contribution in [0, 0.1) is 5.82 Å². The molecule has 0 aliphatic heterocycles. The topological polar surface area (TPSA) is 71.1 Å². The van der Waals surface area contributed by atoms with Crippen LogP contribution in [0.2, 0.25) is 5.02 Å². The second kappa shape index (κ2) is 9.68. The van der Waals surface area contributed by atoms with Gasteiger partial charge in [-0.1, -0.05) is 29.4 Å². The molecule has 28 heavy (non-hydrogen) atoms. The van der Waals surface area contributed by atoms with E-state index in [1.165, 1.54) is 47.4 Å². The highest BCUT2D eigenvalue weighted by atomic mass is 35.5. The van der Waals surface area contributed by atoms with Crippen molar-refractivity contribution >= 4 is 57.9 Å². The Kier molecular flexibility index (Phi) is 7.02. The van der Waals surface area contributed by atoms with Crippen molar-refractivity contribution in [1.29, 1.82) is 0 Å². The van der Waals surface area contributed by atoms with E-state index in [1.807, 2.05) is 0 Å². The fourth-order valence-electron chi connectivity index (χ4n) is 2.23. The number of amides is 2. The minimum absolute atomic E-state index is 0.130. The lowest BCUT2D eigenvalue weighted by Crippen LogP contribution is -2.14. The molecule has 0 radical (unpaired) electrons. The average molecular weight is 436 g/mol. The van der Waals surface area contributed by atoms with Crippen LogP contribution in [-0.4, -0.2) is 22.6 Å². The lowest BCUT2D eigenvalue weighted by Gasteiger charge is -2.04. The van der Waals surface area contributed by atoms with Crippen LogP contribution >= 0.6 is 34.7 Å². The Hall–Kier alpha value is -2.42. The number of benzene rings is 2. The van der Waals surface area contributed by atoms with Crippen molar-refractivity contribution in [3.05, 3.63) is 70.4 Å². The van der Waals surface area contributed by atoms with E-state index < -0.39 is 0 Å². The van der Waals surface area contributed by atoms with Crippen LogP contribution < -0.4 is 10.6 Å². The van der Waals surface area contributed by atoms with Gasteiger partial charge in [-0.05, 0) is 42.5 Å². The normalized spacial score (nSPS) is 10.5. The molecule has 0 aliphatic rings. The molecular weight excluding hydrogens is 421 g/mol. The van der Waals surface area contributed by atoms with Gasteiger partial charge in [0.1, 0.15) is 5.82 Å². The largest absolute Gasteiger partial charge is 0.326 e. The highest BCUT2D eigenvalue weighted by molar-refractivity contribution is 8.01. The summed E-state index contributed by atoms with van der Waals surface area (Å²) in [6.07, 6.45) is 0.130. The molecule has 2 N–H and O–H groups in total. The zero-order valence-electron chi connectivity index (χ0n) is 14.4. The van der Waals surface area contributed by atoms with Crippen molar-refractivity contribution in [3.8, 4) is 0 Å². The molecule has 2 amide bonds. The van der Waals surface area contributed by atoms with Crippen LogP contribution in [0.4, 0.5) is 15.8 Å². The van der Waals surface area contributed by atoms with Crippen LogP contribution in [0.25, 0.3) is 0 Å². The van der Waals surface area contributed by atoms with Crippen LogP contribution in [0.5, 0.6) is 0 Å². The van der Waals surface area contributed by atoms with E-state index in [9.17, 15) is 14.0 Å². The number of halogens is 2. The molecule has 144 valence electrons. The lowest BCUT2D eigenvalue weighted by molar-refractivity contribution is -0.116. The van der Waals surface area contributed by atoms with Crippen molar-refractivity contribution < 1.29 is 14.0 Å². The number of rotatable bonds is 7. The van der Waals surface area contributed by atoms with Crippen LogP contribution in [0.1, 0.15) is 5.69 Å². The molecule has 0 bridgehead atoms. The third kappa shape index (κ3) is 6.33. The molecule has 0 saturated heterocycles. The van der Waals surface area contributed by atoms with E-state index >= 15 is 0 Å². The van der Waals surface area contributed by atoms with Gasteiger partial charge in [-0.2, -0.15) is 0 Å². The van der Waals surface area contributed by atoms with Crippen LogP contribution in [0.15, 0.2) is 58.3 Å². The van der Waals surface area contributed by atoms with Gasteiger partial charge >= 0.3 is 0 Å². The number of thioether (sulfide) groups is 1. The molecule has 0 saturated carbocycles. The van der Waals surface area contributed by atoms with Crippen molar-refractivity contribution in [2.45, 2.75) is 10.8 Å². The predicted octanol–water partition coefficient (Wildman–Crippen LogP) is 4.85. The Balaban J connectivity index is 1.46. The van der Waals surface area contributed by atoms with Crippen LogP contribution in [0.3, 0.4) is 0 Å². The predicted molar refractivity (Wildman–Crippen MR) is 112 cm³/mol. The Morgan fingerprint density at radius 2 is 1.82 bits per heavy atom. The molecule has 5 nitrogen and oxygen atoms in total. The summed E-state index contributed by atoms with van der Waals surface area (Å²) in [5.41, 5.74) is 1.79. The van der Waals surface area contributed by atoms with E-state index in [4.69, 9.17) is 11.6 Å². The maximum Gasteiger partial charge on any atom is 0.234 e. The molecule has 3 aromatic rings. The Labute approximate surface area is 174 Å². The summed E-state index contributed by atoms with van der Waals surface area (Å²) in [6.45, 7) is 0. The average Bonchev–Trinajstić information content (AvgIpc) is 3.09. The Morgan fingerprint density at radius 1 is 1.07 bits per heavy atom. The number of nitrogens with zero attached hydrogens (tertiary/aromatic N) is 1. The minimum Gasteiger partial charge on any atom is -0.326 e. The van der Waals surface area contributed by atoms with Crippen LogP contribution in [-0.2, 0) is 16.0 Å². The quantitative estimate of drug-likeness (QED) is 0.520. The number of hydrogen-bond donors (Lipinski definition) is 2. The molecule has 3 rings (SSSR count). The molecule has 9 heteroatoms. The standard InChI is InChI=1S/C19H15ClFN3O2S2/c20-12-2-1-3-15(8-12)23-17(25)9-16-10-27-19(24-16)28-11-18(26)22-14-6-4-13(21)5-7-14/h1-8,10H,9,11H2,(H,22,26)(H,23,25). The molecule has 2 aromatic carbocycles. The summed E-state index contributed by atoms with van der Waals surface area (Å²) in [6, 6.07) is 12.5. The summed E-state index contributed by atoms with van der Waals surface area (Å²) in [4.78, 5) is 28.4. The summed E-state index contributed by atoms with van der Waals surface area (Å²) in [7, 11) is 0. The number of aromatic nitrogens is 1. The molecule has 0 atom stereocenters. The summed E-state index contributed by atoms with van der Waals surface area (Å²) < 4.78 is 13.6. The fraction of sp³-hybridized carbons (Fsp3) is 0.105. The first-order valence-electron chi connectivity index (χ1n) is 8.16. The minimum atomic E-state index is -0.359. The molecule has 0 fully saturated rings. The highest BCUT2D eigenvalue weighted by Gasteiger charge is 2.11. The molecule has 0 unspecified atom stereocenters. The van der Waals surface area contributed by atoms with Gasteiger partial charge in [0.25, 0.3) is 0 Å². The monoisotopic (exact) mass is 435 g/mol. The van der Waals surface area contributed by atoms with Crippen molar-refractivity contribution in [3.63, 3.8) is 0 Å². The van der Waals surface area contributed by atoms with Gasteiger partial charge < -0.3 is 10.6 Å². The second-order valence-electron chi connectivity index (χ2n) is 5.68. The van der Waals surface area contributed by atoms with Crippen molar-refractivity contribution in [2.75, 3.05) is 16.4 Å². The summed E-state index contributed by atoms with van der Waals surface area (Å²) >= 11 is 8.54. The van der Waals surface area contributed by atoms with E-state index in [-0.39, 0.29) is 29.8 Å². The number of hydrogen-bond acceptors (Lipinski definition) is 5. The lowest BCUT2D eigenvalue weighted by atomic mass is 10.3. The van der Waals surface area contributed by atoms with Crippen molar-refractivity contribution in [2.24, 2.45) is 0 Å². The number of carbonyl (C=O) groups excluding carboxylic acids is 2. The van der Waals surface area contributed by atoms with Gasteiger partial charge in [-0.15, -0.1) is 11.3 Å². The third-order valence-corrected chi connectivity index (χ3v) is 5.74. The van der Waals surface area contributed by atoms with E-state index in [0.717, 1.165) is 0 Å². The van der Waals surface area contributed by atoms with E-state index in [2.05, 4.69) is 15.6 Å².